The summed E-state index contributed by atoms with van der Waals surface area (Å²) in [7, 11) is -1.52. The molecule has 0 aliphatic carbocycles. The summed E-state index contributed by atoms with van der Waals surface area (Å²) in [6.07, 6.45) is 4.28. The summed E-state index contributed by atoms with van der Waals surface area (Å²) in [6.45, 7) is 2.28. The summed E-state index contributed by atoms with van der Waals surface area (Å²) in [6, 6.07) is 6.00. The highest BCUT2D eigenvalue weighted by molar-refractivity contribution is 7.89. The maximum atomic E-state index is 13.1. The van der Waals surface area contributed by atoms with Gasteiger partial charge in [0.05, 0.1) is 10.9 Å². The molecule has 138 valence electrons. The van der Waals surface area contributed by atoms with E-state index < -0.39 is 10.0 Å². The number of nitrogens with zero attached hydrogens (tertiary/aromatic N) is 4. The number of aromatic nitrogens is 2. The zero-order chi connectivity index (χ0) is 18.3. The number of hydrogen-bond acceptors (Lipinski definition) is 5. The van der Waals surface area contributed by atoms with Gasteiger partial charge in [0.25, 0.3) is 0 Å². The molecule has 0 saturated carbocycles. The lowest BCUT2D eigenvalue weighted by Gasteiger charge is -2.26. The first-order chi connectivity index (χ1) is 12.4. The lowest BCUT2D eigenvalue weighted by molar-refractivity contribution is 0.306. The van der Waals surface area contributed by atoms with Crippen molar-refractivity contribution in [3.63, 3.8) is 0 Å². The van der Waals surface area contributed by atoms with Gasteiger partial charge in [0.15, 0.2) is 0 Å². The van der Waals surface area contributed by atoms with E-state index in [1.807, 2.05) is 6.20 Å². The van der Waals surface area contributed by atoms with E-state index in [1.54, 1.807) is 24.3 Å². The van der Waals surface area contributed by atoms with Crippen LogP contribution in [-0.2, 0) is 23.0 Å². The van der Waals surface area contributed by atoms with Crippen LogP contribution in [0.5, 0.6) is 0 Å². The van der Waals surface area contributed by atoms with Crippen molar-refractivity contribution in [2.75, 3.05) is 20.1 Å². The smallest absolute Gasteiger partial charge is 0.243 e. The van der Waals surface area contributed by atoms with Crippen molar-refractivity contribution < 1.29 is 8.42 Å². The normalized spacial score (nSPS) is 21.7. The van der Waals surface area contributed by atoms with Crippen molar-refractivity contribution >= 4 is 21.6 Å². The first-order valence-electron chi connectivity index (χ1n) is 8.76. The first kappa shape index (κ1) is 17.9. The summed E-state index contributed by atoms with van der Waals surface area (Å²) in [5.41, 5.74) is 2.18. The second kappa shape index (κ2) is 6.88. The fraction of sp³-hybridized carbons (Fsp3) is 0.444. The second-order valence-electron chi connectivity index (χ2n) is 6.92. The van der Waals surface area contributed by atoms with Crippen LogP contribution < -0.4 is 0 Å². The van der Waals surface area contributed by atoms with Gasteiger partial charge in [-0.05, 0) is 44.2 Å². The zero-order valence-electron chi connectivity index (χ0n) is 14.6. The van der Waals surface area contributed by atoms with E-state index in [2.05, 4.69) is 16.9 Å². The van der Waals surface area contributed by atoms with Crippen LogP contribution in [0.15, 0.2) is 35.4 Å². The van der Waals surface area contributed by atoms with Gasteiger partial charge in [-0.25, -0.2) is 18.4 Å². The van der Waals surface area contributed by atoms with Gasteiger partial charge in [-0.1, -0.05) is 11.6 Å². The minimum atomic E-state index is -3.60. The van der Waals surface area contributed by atoms with Crippen LogP contribution >= 0.6 is 11.6 Å². The quantitative estimate of drug-likeness (QED) is 0.803. The van der Waals surface area contributed by atoms with Gasteiger partial charge in [-0.15, -0.1) is 0 Å². The van der Waals surface area contributed by atoms with Gasteiger partial charge in [0.2, 0.25) is 10.0 Å². The van der Waals surface area contributed by atoms with E-state index >= 15 is 0 Å². The Labute approximate surface area is 158 Å². The highest BCUT2D eigenvalue weighted by Crippen LogP contribution is 2.35. The predicted molar refractivity (Wildman–Crippen MR) is 99.4 cm³/mol. The Kier molecular flexibility index (Phi) is 4.73. The molecule has 1 saturated heterocycles. The number of fused-ring (bicyclic) bond motifs is 1. The van der Waals surface area contributed by atoms with Gasteiger partial charge < -0.3 is 4.90 Å². The summed E-state index contributed by atoms with van der Waals surface area (Å²) in [5.74, 6) is 0.614. The molecule has 0 N–H and O–H groups in total. The minimum absolute atomic E-state index is 0.258. The number of hydrogen-bond donors (Lipinski definition) is 0. The molecule has 2 aliphatic rings. The largest absolute Gasteiger partial charge is 0.302 e. The maximum absolute atomic E-state index is 13.1. The Hall–Kier alpha value is -1.54. The van der Waals surface area contributed by atoms with E-state index in [9.17, 15) is 8.42 Å². The molecule has 1 aromatic carbocycles. The molecule has 1 unspecified atom stereocenters. The fourth-order valence-electron chi connectivity index (χ4n) is 3.66. The molecule has 8 heteroatoms. The Morgan fingerprint density at radius 1 is 1.19 bits per heavy atom. The lowest BCUT2D eigenvalue weighted by atomic mass is 10.1. The number of rotatable bonds is 3. The minimum Gasteiger partial charge on any atom is -0.302 e. The number of sulfonamides is 1. The van der Waals surface area contributed by atoms with Crippen molar-refractivity contribution in [1.29, 1.82) is 0 Å². The maximum Gasteiger partial charge on any atom is 0.243 e. The van der Waals surface area contributed by atoms with Crippen LogP contribution in [0.25, 0.3) is 0 Å². The number of halogens is 1. The van der Waals surface area contributed by atoms with Crippen LogP contribution in [-0.4, -0.2) is 47.7 Å². The molecule has 6 nitrogen and oxygen atoms in total. The zero-order valence-corrected chi connectivity index (χ0v) is 16.2. The summed E-state index contributed by atoms with van der Waals surface area (Å²) < 4.78 is 27.7. The molecule has 0 amide bonds. The monoisotopic (exact) mass is 392 g/mol. The first-order valence-corrected chi connectivity index (χ1v) is 10.6. The number of likely N-dealkylation sites (N-methyl/N-ethyl adjacent to an activating group) is 1. The molecule has 1 fully saturated rings. The average molecular weight is 393 g/mol. The molecular weight excluding hydrogens is 372 g/mol. The molecule has 1 atom stereocenters. The van der Waals surface area contributed by atoms with Gasteiger partial charge in [-0.3, -0.25) is 0 Å². The van der Waals surface area contributed by atoms with E-state index in [0.717, 1.165) is 43.6 Å². The SMILES string of the molecule is CN1CCc2nc(C3CCCN3S(=O)(=O)c3ccc(Cl)cc3)ncc2C1. The van der Waals surface area contributed by atoms with Crippen LogP contribution in [0.3, 0.4) is 0 Å². The van der Waals surface area contributed by atoms with Crippen molar-refractivity contribution in [1.82, 2.24) is 19.2 Å². The molecule has 0 spiro atoms. The van der Waals surface area contributed by atoms with E-state index in [4.69, 9.17) is 16.6 Å². The topological polar surface area (TPSA) is 66.4 Å². The summed E-state index contributed by atoms with van der Waals surface area (Å²) in [5, 5.41) is 0.518. The molecule has 0 bridgehead atoms. The fourth-order valence-corrected chi connectivity index (χ4v) is 5.44. The molecule has 3 heterocycles. The van der Waals surface area contributed by atoms with Crippen molar-refractivity contribution in [2.45, 2.75) is 36.7 Å². The van der Waals surface area contributed by atoms with Crippen LogP contribution in [0.2, 0.25) is 5.02 Å². The van der Waals surface area contributed by atoms with Crippen LogP contribution in [0.1, 0.15) is 36.0 Å². The summed E-state index contributed by atoms with van der Waals surface area (Å²) in [4.78, 5) is 11.7. The Morgan fingerprint density at radius 2 is 1.96 bits per heavy atom. The third-order valence-corrected chi connectivity index (χ3v) is 7.24. The van der Waals surface area contributed by atoms with E-state index in [0.29, 0.717) is 17.4 Å². The van der Waals surface area contributed by atoms with Gasteiger partial charge in [-0.2, -0.15) is 4.31 Å². The third-order valence-electron chi connectivity index (χ3n) is 5.07. The second-order valence-corrected chi connectivity index (χ2v) is 9.24. The van der Waals surface area contributed by atoms with Gasteiger partial charge in [0, 0.05) is 48.5 Å². The molecule has 2 aliphatic heterocycles. The van der Waals surface area contributed by atoms with Crippen LogP contribution in [0.4, 0.5) is 0 Å². The Bertz CT molecular complexity index is 917. The molecule has 26 heavy (non-hydrogen) atoms. The van der Waals surface area contributed by atoms with Crippen LogP contribution in [0, 0.1) is 0 Å². The van der Waals surface area contributed by atoms with Gasteiger partial charge in [0.1, 0.15) is 5.82 Å². The third kappa shape index (κ3) is 3.24. The van der Waals surface area contributed by atoms with Crippen molar-refractivity contribution in [3.8, 4) is 0 Å². The molecule has 0 radical (unpaired) electrons. The van der Waals surface area contributed by atoms with Crippen molar-refractivity contribution in [2.24, 2.45) is 0 Å². The Morgan fingerprint density at radius 3 is 2.73 bits per heavy atom. The van der Waals surface area contributed by atoms with E-state index in [-0.39, 0.29) is 10.9 Å². The van der Waals surface area contributed by atoms with Crippen molar-refractivity contribution in [3.05, 3.63) is 52.6 Å². The van der Waals surface area contributed by atoms with E-state index in [1.165, 1.54) is 4.31 Å². The predicted octanol–water partition coefficient (Wildman–Crippen LogP) is 2.64. The molecule has 4 rings (SSSR count). The molecule has 1 aromatic heterocycles. The Balaban J connectivity index is 1.66. The molecular formula is C18H21ClN4O2S. The molecule has 2 aromatic rings. The standard InChI is InChI=1S/C18H21ClN4O2S/c1-22-10-8-16-13(12-22)11-20-18(21-16)17-3-2-9-23(17)26(24,25)15-6-4-14(19)5-7-15/h4-7,11,17H,2-3,8-10,12H2,1H3. The highest BCUT2D eigenvalue weighted by atomic mass is 35.5. The summed E-state index contributed by atoms with van der Waals surface area (Å²) >= 11 is 5.89. The van der Waals surface area contributed by atoms with Gasteiger partial charge >= 0.3 is 0 Å². The average Bonchev–Trinajstić information content (AvgIpc) is 3.12. The number of benzene rings is 1. The highest BCUT2D eigenvalue weighted by Gasteiger charge is 2.38. The lowest BCUT2D eigenvalue weighted by Crippen LogP contribution is -2.33.